The van der Waals surface area contributed by atoms with Gasteiger partial charge in [-0.2, -0.15) is 0 Å². The number of aliphatic hydroxyl groups is 1. The number of hydrogen-bond donors (Lipinski definition) is 1. The molecular weight excluding hydrogens is 200 g/mol. The van der Waals surface area contributed by atoms with Gasteiger partial charge in [-0.1, -0.05) is 13.0 Å². The lowest BCUT2D eigenvalue weighted by Crippen LogP contribution is -2.44. The molecule has 16 heavy (non-hydrogen) atoms. The van der Waals surface area contributed by atoms with E-state index in [-0.39, 0.29) is 12.0 Å². The fourth-order valence-corrected chi connectivity index (χ4v) is 2.34. The van der Waals surface area contributed by atoms with E-state index in [2.05, 4.69) is 22.9 Å². The minimum Gasteiger partial charge on any atom is -0.396 e. The topological polar surface area (TPSA) is 36.4 Å². The van der Waals surface area contributed by atoms with E-state index in [9.17, 15) is 5.11 Å². The van der Waals surface area contributed by atoms with Crippen molar-refractivity contribution in [2.24, 2.45) is 5.41 Å². The highest BCUT2D eigenvalue weighted by Crippen LogP contribution is 2.30. The molecule has 1 N–H and O–H groups in total. The molecule has 0 aliphatic carbocycles. The number of rotatable bonds is 2. The molecule has 3 nitrogen and oxygen atoms in total. The van der Waals surface area contributed by atoms with Gasteiger partial charge in [0.25, 0.3) is 0 Å². The molecule has 1 atom stereocenters. The fourth-order valence-electron chi connectivity index (χ4n) is 2.34. The highest BCUT2D eigenvalue weighted by molar-refractivity contribution is 5.40. The van der Waals surface area contributed by atoms with Crippen LogP contribution < -0.4 is 4.90 Å². The fraction of sp³-hybridized carbons (Fsp3) is 0.615. The maximum Gasteiger partial charge on any atom is 0.128 e. The lowest BCUT2D eigenvalue weighted by Gasteiger charge is -2.40. The van der Waals surface area contributed by atoms with Gasteiger partial charge in [0.15, 0.2) is 0 Å². The van der Waals surface area contributed by atoms with Crippen molar-refractivity contribution in [2.75, 3.05) is 24.6 Å². The summed E-state index contributed by atoms with van der Waals surface area (Å²) in [7, 11) is 0. The predicted octanol–water partition coefficient (Wildman–Crippen LogP) is 1.99. The van der Waals surface area contributed by atoms with Crippen LogP contribution in [0.1, 0.15) is 25.5 Å². The number of aliphatic hydroxyl groups excluding tert-OH is 1. The third-order valence-corrected chi connectivity index (χ3v) is 3.36. The van der Waals surface area contributed by atoms with Crippen LogP contribution in [-0.2, 0) is 0 Å². The first kappa shape index (κ1) is 11.4. The summed E-state index contributed by atoms with van der Waals surface area (Å²) in [6, 6.07) is 6.11. The quantitative estimate of drug-likeness (QED) is 0.828. The molecule has 0 unspecified atom stereocenters. The highest BCUT2D eigenvalue weighted by Gasteiger charge is 2.30. The summed E-state index contributed by atoms with van der Waals surface area (Å²) in [5, 5.41) is 9.42. The summed E-state index contributed by atoms with van der Waals surface area (Å²) >= 11 is 0. The van der Waals surface area contributed by atoms with E-state index in [1.54, 1.807) is 0 Å². The van der Waals surface area contributed by atoms with E-state index in [0.717, 1.165) is 37.4 Å². The van der Waals surface area contributed by atoms with Crippen LogP contribution in [0.2, 0.25) is 0 Å². The van der Waals surface area contributed by atoms with Crippen LogP contribution in [0.4, 0.5) is 5.82 Å². The van der Waals surface area contributed by atoms with Crippen molar-refractivity contribution >= 4 is 5.82 Å². The van der Waals surface area contributed by atoms with Gasteiger partial charge in [0.1, 0.15) is 5.82 Å². The van der Waals surface area contributed by atoms with Crippen LogP contribution in [-0.4, -0.2) is 29.8 Å². The van der Waals surface area contributed by atoms with Crippen LogP contribution in [0, 0.1) is 12.3 Å². The van der Waals surface area contributed by atoms with Crippen molar-refractivity contribution in [1.29, 1.82) is 0 Å². The number of piperidine rings is 1. The molecule has 1 aliphatic rings. The number of anilines is 1. The van der Waals surface area contributed by atoms with Crippen LogP contribution in [0.5, 0.6) is 0 Å². The largest absolute Gasteiger partial charge is 0.396 e. The van der Waals surface area contributed by atoms with Gasteiger partial charge in [0.05, 0.1) is 6.61 Å². The smallest absolute Gasteiger partial charge is 0.128 e. The Morgan fingerprint density at radius 1 is 1.50 bits per heavy atom. The zero-order valence-corrected chi connectivity index (χ0v) is 10.1. The van der Waals surface area contributed by atoms with E-state index in [0.29, 0.717) is 0 Å². The highest BCUT2D eigenvalue weighted by atomic mass is 16.3. The first-order valence-electron chi connectivity index (χ1n) is 5.92. The molecule has 3 heteroatoms. The standard InChI is InChI=1S/C13H20N2O/c1-11-5-3-6-12(14-11)15-8-4-7-13(2,9-15)10-16/h3,5-6,16H,4,7-10H2,1-2H3/t13-/m1/s1. The van der Waals surface area contributed by atoms with Gasteiger partial charge < -0.3 is 10.0 Å². The molecule has 0 amide bonds. The Morgan fingerprint density at radius 3 is 3.00 bits per heavy atom. The zero-order chi connectivity index (χ0) is 11.6. The van der Waals surface area contributed by atoms with Crippen molar-refractivity contribution in [3.63, 3.8) is 0 Å². The van der Waals surface area contributed by atoms with Gasteiger partial charge in [-0.3, -0.25) is 0 Å². The molecule has 1 aromatic heterocycles. The van der Waals surface area contributed by atoms with Crippen LogP contribution in [0.25, 0.3) is 0 Å². The third-order valence-electron chi connectivity index (χ3n) is 3.36. The summed E-state index contributed by atoms with van der Waals surface area (Å²) in [5.74, 6) is 1.04. The maximum absolute atomic E-state index is 9.42. The average Bonchev–Trinajstić information content (AvgIpc) is 2.29. The summed E-state index contributed by atoms with van der Waals surface area (Å²) in [4.78, 5) is 6.83. The first-order chi connectivity index (χ1) is 7.63. The van der Waals surface area contributed by atoms with Crippen molar-refractivity contribution in [1.82, 2.24) is 4.98 Å². The van der Waals surface area contributed by atoms with Gasteiger partial charge in [-0.25, -0.2) is 4.98 Å². The Kier molecular flexibility index (Phi) is 3.15. The molecule has 0 bridgehead atoms. The van der Waals surface area contributed by atoms with Gasteiger partial charge in [0.2, 0.25) is 0 Å². The van der Waals surface area contributed by atoms with E-state index in [1.165, 1.54) is 0 Å². The summed E-state index contributed by atoms with van der Waals surface area (Å²) < 4.78 is 0. The molecule has 1 aliphatic heterocycles. The van der Waals surface area contributed by atoms with Crippen LogP contribution >= 0.6 is 0 Å². The molecule has 0 saturated carbocycles. The lowest BCUT2D eigenvalue weighted by atomic mass is 9.83. The Balaban J connectivity index is 2.16. The molecular formula is C13H20N2O. The number of pyridine rings is 1. The van der Waals surface area contributed by atoms with Crippen LogP contribution in [0.3, 0.4) is 0 Å². The first-order valence-corrected chi connectivity index (χ1v) is 5.92. The average molecular weight is 220 g/mol. The Labute approximate surface area is 97.1 Å². The Morgan fingerprint density at radius 2 is 2.31 bits per heavy atom. The monoisotopic (exact) mass is 220 g/mol. The third kappa shape index (κ3) is 2.35. The van der Waals surface area contributed by atoms with Gasteiger partial charge in [-0.05, 0) is 31.9 Å². The number of aryl methyl sites for hydroxylation is 1. The maximum atomic E-state index is 9.42. The lowest BCUT2D eigenvalue weighted by molar-refractivity contribution is 0.123. The second-order valence-corrected chi connectivity index (χ2v) is 5.13. The molecule has 0 spiro atoms. The number of nitrogens with zero attached hydrogens (tertiary/aromatic N) is 2. The van der Waals surface area contributed by atoms with Crippen molar-refractivity contribution in [3.05, 3.63) is 23.9 Å². The van der Waals surface area contributed by atoms with Crippen molar-refractivity contribution in [3.8, 4) is 0 Å². The SMILES string of the molecule is Cc1cccc(N2CCC[C@@](C)(CO)C2)n1. The zero-order valence-electron chi connectivity index (χ0n) is 10.1. The van der Waals surface area contributed by atoms with Gasteiger partial charge in [0, 0.05) is 24.2 Å². The molecule has 0 aromatic carbocycles. The second kappa shape index (κ2) is 4.42. The summed E-state index contributed by atoms with van der Waals surface area (Å²) in [5.41, 5.74) is 1.08. The van der Waals surface area contributed by atoms with E-state index in [4.69, 9.17) is 0 Å². The number of hydrogen-bond acceptors (Lipinski definition) is 3. The van der Waals surface area contributed by atoms with E-state index < -0.39 is 0 Å². The van der Waals surface area contributed by atoms with Gasteiger partial charge >= 0.3 is 0 Å². The molecule has 1 fully saturated rings. The van der Waals surface area contributed by atoms with Crippen molar-refractivity contribution in [2.45, 2.75) is 26.7 Å². The molecule has 2 heterocycles. The van der Waals surface area contributed by atoms with Crippen LogP contribution in [0.15, 0.2) is 18.2 Å². The molecule has 1 aromatic rings. The number of aromatic nitrogens is 1. The summed E-state index contributed by atoms with van der Waals surface area (Å²) in [6.45, 7) is 6.37. The predicted molar refractivity (Wildman–Crippen MR) is 65.6 cm³/mol. The molecule has 0 radical (unpaired) electrons. The van der Waals surface area contributed by atoms with E-state index in [1.807, 2.05) is 19.1 Å². The van der Waals surface area contributed by atoms with Gasteiger partial charge in [-0.15, -0.1) is 0 Å². The van der Waals surface area contributed by atoms with E-state index >= 15 is 0 Å². The Hall–Kier alpha value is -1.09. The molecule has 88 valence electrons. The Bertz CT molecular complexity index is 367. The normalized spacial score (nSPS) is 25.8. The molecule has 1 saturated heterocycles. The molecule has 2 rings (SSSR count). The van der Waals surface area contributed by atoms with Crippen molar-refractivity contribution < 1.29 is 5.11 Å². The second-order valence-electron chi connectivity index (χ2n) is 5.13. The minimum absolute atomic E-state index is 0.0314. The summed E-state index contributed by atoms with van der Waals surface area (Å²) in [6.07, 6.45) is 2.23. The minimum atomic E-state index is 0.0314.